The highest BCUT2D eigenvalue weighted by atomic mass is 31.2. The van der Waals surface area contributed by atoms with Gasteiger partial charge in [-0.3, -0.25) is 0 Å². The van der Waals surface area contributed by atoms with Crippen molar-refractivity contribution < 1.29 is 5.11 Å². The van der Waals surface area contributed by atoms with Crippen molar-refractivity contribution in [3.05, 3.63) is 0 Å². The zero-order valence-corrected chi connectivity index (χ0v) is 35.9. The van der Waals surface area contributed by atoms with E-state index in [2.05, 4.69) is 62.3 Å². The first kappa shape index (κ1) is 46.2. The fourth-order valence-electron chi connectivity index (χ4n) is 8.59. The largest absolute Gasteiger partial charge is 0.395 e. The molecular formula is C41H90OP3+3. The van der Waals surface area contributed by atoms with Crippen molar-refractivity contribution in [2.45, 2.75) is 178 Å². The third-order valence-electron chi connectivity index (χ3n) is 11.2. The van der Waals surface area contributed by atoms with E-state index in [0.29, 0.717) is 6.61 Å². The second kappa shape index (κ2) is 28.0. The summed E-state index contributed by atoms with van der Waals surface area (Å²) < 4.78 is 0. The Hall–Kier alpha value is 1.25. The Morgan fingerprint density at radius 3 is 0.578 bits per heavy atom. The first-order valence-corrected chi connectivity index (χ1v) is 28.5. The van der Waals surface area contributed by atoms with Crippen molar-refractivity contribution >= 4 is 21.8 Å². The van der Waals surface area contributed by atoms with E-state index in [1.54, 1.807) is 0 Å². The molecule has 0 radical (unpaired) electrons. The van der Waals surface area contributed by atoms with Gasteiger partial charge in [-0.15, -0.1) is 0 Å². The summed E-state index contributed by atoms with van der Waals surface area (Å²) >= 11 is 0. The molecule has 0 amide bonds. The summed E-state index contributed by atoms with van der Waals surface area (Å²) in [6, 6.07) is 0. The molecule has 0 aromatic heterocycles. The lowest BCUT2D eigenvalue weighted by Crippen LogP contribution is -2.43. The van der Waals surface area contributed by atoms with E-state index in [-0.39, 0.29) is 5.41 Å². The summed E-state index contributed by atoms with van der Waals surface area (Å²) in [6.07, 6.45) is 42.9. The predicted molar refractivity (Wildman–Crippen MR) is 223 cm³/mol. The molecule has 0 aromatic rings. The molecule has 0 saturated heterocycles. The van der Waals surface area contributed by atoms with Gasteiger partial charge in [-0.2, -0.15) is 0 Å². The molecule has 0 aromatic carbocycles. The van der Waals surface area contributed by atoms with E-state index in [0.717, 1.165) is 0 Å². The van der Waals surface area contributed by atoms with Gasteiger partial charge in [-0.1, -0.05) is 120 Å². The minimum absolute atomic E-state index is 0.189. The summed E-state index contributed by atoms with van der Waals surface area (Å²) in [5, 5.41) is 12.1. The molecule has 1 N–H and O–H groups in total. The van der Waals surface area contributed by atoms with Gasteiger partial charge in [0, 0.05) is 21.8 Å². The van der Waals surface area contributed by atoms with E-state index in [4.69, 9.17) is 0 Å². The van der Waals surface area contributed by atoms with Crippen LogP contribution < -0.4 is 0 Å². The molecule has 45 heavy (non-hydrogen) atoms. The Balaban J connectivity index is 7.46. The zero-order chi connectivity index (χ0) is 33.9. The molecule has 0 rings (SSSR count). The van der Waals surface area contributed by atoms with Crippen molar-refractivity contribution in [3.8, 4) is 0 Å². The monoisotopic (exact) mass is 692 g/mol. The van der Waals surface area contributed by atoms with Crippen LogP contribution >= 0.6 is 21.8 Å². The highest BCUT2D eigenvalue weighted by Gasteiger charge is 2.57. The molecular weight excluding hydrogens is 601 g/mol. The maximum atomic E-state index is 12.1. The minimum atomic E-state index is -1.14. The lowest BCUT2D eigenvalue weighted by molar-refractivity contribution is 0.183. The first-order valence-electron chi connectivity index (χ1n) is 20.9. The van der Waals surface area contributed by atoms with E-state index < -0.39 is 21.8 Å². The van der Waals surface area contributed by atoms with Crippen LogP contribution in [-0.2, 0) is 0 Å². The summed E-state index contributed by atoms with van der Waals surface area (Å²) in [4.78, 5) is 0. The van der Waals surface area contributed by atoms with E-state index >= 15 is 0 Å². The summed E-state index contributed by atoms with van der Waals surface area (Å²) in [5.41, 5.74) is 0.189. The SMILES string of the molecule is CCCC[P+](CCCC)(CCCC)CC(CO)(C[P+](CCCC)(CCCC)CCCC)C[P+](CCCC)(CCCC)CCCC. The molecule has 0 heterocycles. The Bertz CT molecular complexity index is 502. The van der Waals surface area contributed by atoms with E-state index in [1.807, 2.05) is 0 Å². The summed E-state index contributed by atoms with van der Waals surface area (Å²) in [6.45, 7) is 22.4. The van der Waals surface area contributed by atoms with Crippen molar-refractivity contribution in [3.63, 3.8) is 0 Å². The Labute approximate surface area is 289 Å². The maximum Gasteiger partial charge on any atom is 0.0938 e. The normalized spacial score (nSPS) is 13.2. The van der Waals surface area contributed by atoms with Gasteiger partial charge in [0.25, 0.3) is 0 Å². The Morgan fingerprint density at radius 1 is 0.311 bits per heavy atom. The molecule has 0 bridgehead atoms. The van der Waals surface area contributed by atoms with Crippen LogP contribution in [0.1, 0.15) is 178 Å². The molecule has 0 aliphatic rings. The third-order valence-corrected chi connectivity index (χ3v) is 26.6. The highest BCUT2D eigenvalue weighted by molar-refractivity contribution is 7.78. The number of hydrogen-bond acceptors (Lipinski definition) is 1. The van der Waals surface area contributed by atoms with Crippen molar-refractivity contribution in [2.75, 3.05) is 80.5 Å². The molecule has 1 nitrogen and oxygen atoms in total. The van der Waals surface area contributed by atoms with Crippen molar-refractivity contribution in [1.82, 2.24) is 0 Å². The quantitative estimate of drug-likeness (QED) is 0.0666. The van der Waals surface area contributed by atoms with Gasteiger partial charge < -0.3 is 5.11 Å². The molecule has 0 aliphatic heterocycles. The minimum Gasteiger partial charge on any atom is -0.395 e. The number of unbranched alkanes of at least 4 members (excludes halogenated alkanes) is 9. The van der Waals surface area contributed by atoms with E-state index in [1.165, 1.54) is 190 Å². The van der Waals surface area contributed by atoms with Crippen LogP contribution in [0.25, 0.3) is 0 Å². The molecule has 0 spiro atoms. The zero-order valence-electron chi connectivity index (χ0n) is 33.2. The topological polar surface area (TPSA) is 20.2 Å². The second-order valence-corrected chi connectivity index (χ2v) is 28.9. The van der Waals surface area contributed by atoms with Crippen LogP contribution in [-0.4, -0.2) is 85.7 Å². The van der Waals surface area contributed by atoms with Gasteiger partial charge >= 0.3 is 0 Å². The van der Waals surface area contributed by atoms with Crippen molar-refractivity contribution in [1.29, 1.82) is 0 Å². The Morgan fingerprint density at radius 2 is 0.467 bits per heavy atom. The number of hydrogen-bond donors (Lipinski definition) is 1. The number of rotatable bonds is 34. The van der Waals surface area contributed by atoms with Gasteiger partial charge in [0.2, 0.25) is 0 Å². The average molecular weight is 692 g/mol. The first-order chi connectivity index (χ1) is 21.7. The number of aliphatic hydroxyl groups is 1. The highest BCUT2D eigenvalue weighted by Crippen LogP contribution is 2.73. The van der Waals surface area contributed by atoms with Gasteiger partial charge in [-0.25, -0.2) is 0 Å². The summed E-state index contributed by atoms with van der Waals surface area (Å²) in [7, 11) is -3.41. The van der Waals surface area contributed by atoms with Crippen LogP contribution in [0.4, 0.5) is 0 Å². The fourth-order valence-corrected chi connectivity index (χ4v) is 26.7. The van der Waals surface area contributed by atoms with Crippen LogP contribution in [0.15, 0.2) is 0 Å². The van der Waals surface area contributed by atoms with E-state index in [9.17, 15) is 5.11 Å². The van der Waals surface area contributed by atoms with Crippen LogP contribution in [0.3, 0.4) is 0 Å². The summed E-state index contributed by atoms with van der Waals surface area (Å²) in [5.74, 6) is 0. The van der Waals surface area contributed by atoms with Gasteiger partial charge in [0.1, 0.15) is 0 Å². The molecule has 272 valence electrons. The maximum absolute atomic E-state index is 12.1. The van der Waals surface area contributed by atoms with Gasteiger partial charge in [0.05, 0.1) is 86.0 Å². The van der Waals surface area contributed by atoms with Gasteiger partial charge in [-0.05, 0) is 57.8 Å². The van der Waals surface area contributed by atoms with Gasteiger partial charge in [0.15, 0.2) is 0 Å². The van der Waals surface area contributed by atoms with Crippen molar-refractivity contribution in [2.24, 2.45) is 5.41 Å². The smallest absolute Gasteiger partial charge is 0.0938 e. The molecule has 0 atom stereocenters. The molecule has 0 unspecified atom stereocenters. The lowest BCUT2D eigenvalue weighted by atomic mass is 9.97. The standard InChI is InChI=1S/C41H90OP3/c1-10-19-28-43(29-20-11-2,30-21-12-3)38-41(37-42,39-44(31-22-13-4,32-23-14-5)33-24-15-6)40-45(34-25-16-7,35-26-17-8)36-27-18-9/h42H,10-40H2,1-9H3/q+3. The second-order valence-electron chi connectivity index (χ2n) is 15.9. The molecule has 4 heteroatoms. The Kier molecular flexibility index (Phi) is 28.8. The molecule has 0 aliphatic carbocycles. The fraction of sp³-hybridized carbons (Fsp3) is 1.00. The van der Waals surface area contributed by atoms with Crippen LogP contribution in [0.2, 0.25) is 0 Å². The average Bonchev–Trinajstić information content (AvgIpc) is 3.06. The third kappa shape index (κ3) is 18.7. The number of aliphatic hydroxyl groups excluding tert-OH is 1. The molecule has 0 fully saturated rings. The lowest BCUT2D eigenvalue weighted by Gasteiger charge is -2.44. The predicted octanol–water partition coefficient (Wildman–Crippen LogP) is 14.2. The van der Waals surface area contributed by atoms with Crippen LogP contribution in [0.5, 0.6) is 0 Å². The van der Waals surface area contributed by atoms with Crippen LogP contribution in [0, 0.1) is 5.41 Å². The molecule has 0 saturated carbocycles.